The molecule has 0 fully saturated rings. The van der Waals surface area contributed by atoms with Crippen molar-refractivity contribution in [2.45, 2.75) is 45.1 Å². The number of amides is 1. The summed E-state index contributed by atoms with van der Waals surface area (Å²) in [4.78, 5) is 37.2. The predicted molar refractivity (Wildman–Crippen MR) is 136 cm³/mol. The molecule has 0 bridgehead atoms. The number of carbonyl (C=O) groups is 2. The number of para-hydroxylation sites is 2. The Morgan fingerprint density at radius 1 is 1.18 bits per heavy atom. The van der Waals surface area contributed by atoms with Crippen molar-refractivity contribution in [1.29, 1.82) is 0 Å². The van der Waals surface area contributed by atoms with E-state index >= 15 is 0 Å². The van der Waals surface area contributed by atoms with Crippen LogP contribution in [0, 0.1) is 6.92 Å². The van der Waals surface area contributed by atoms with Crippen molar-refractivity contribution in [3.8, 4) is 5.75 Å². The number of methoxy groups -OCH3 is 1. The minimum absolute atomic E-state index is 0.0843. The second-order valence-electron chi connectivity index (χ2n) is 7.94. The molecule has 1 aromatic carbocycles. The molecule has 0 saturated carbocycles. The highest BCUT2D eigenvalue weighted by Crippen LogP contribution is 2.40. The number of halogens is 3. The number of benzene rings is 1. The molecule has 3 rings (SSSR count). The van der Waals surface area contributed by atoms with Gasteiger partial charge >= 0.3 is 18.2 Å². The number of hydrogen-bond donors (Lipinski definition) is 0. The average molecular weight is 559 g/mol. The highest BCUT2D eigenvalue weighted by atomic mass is 32.2. The summed E-state index contributed by atoms with van der Waals surface area (Å²) in [6.45, 7) is 5.23. The maximum absolute atomic E-state index is 13.5. The first-order valence-corrected chi connectivity index (χ1v) is 12.6. The SMILES string of the molecule is CC(F)(F)F.CCOC(=O)/C(C)=N/OC(=O)N1c2ccccc2N(C)C1S(=O)Cc1nccc(OC)c1C. The van der Waals surface area contributed by atoms with Crippen LogP contribution in [-0.4, -0.2) is 59.4 Å². The molecule has 0 saturated heterocycles. The van der Waals surface area contributed by atoms with Crippen molar-refractivity contribution in [3.63, 3.8) is 0 Å². The Morgan fingerprint density at radius 2 is 1.79 bits per heavy atom. The lowest BCUT2D eigenvalue weighted by Gasteiger charge is -2.27. The fraction of sp³-hybridized carbons (Fsp3) is 0.417. The number of oxime groups is 1. The van der Waals surface area contributed by atoms with Crippen LogP contribution in [0.25, 0.3) is 0 Å². The molecule has 1 aliphatic rings. The van der Waals surface area contributed by atoms with E-state index in [-0.39, 0.29) is 25.0 Å². The number of esters is 1. The molecule has 10 nitrogen and oxygen atoms in total. The van der Waals surface area contributed by atoms with Crippen LogP contribution >= 0.6 is 0 Å². The Hall–Kier alpha value is -3.68. The Bertz CT molecular complexity index is 1200. The Kier molecular flexibility index (Phi) is 10.6. The number of carbonyl (C=O) groups excluding carboxylic acids is 2. The number of nitrogens with zero attached hydrogens (tertiary/aromatic N) is 4. The summed E-state index contributed by atoms with van der Waals surface area (Å²) in [6, 6.07) is 8.85. The first kappa shape index (κ1) is 30.5. The number of aromatic nitrogens is 1. The Morgan fingerprint density at radius 3 is 2.37 bits per heavy atom. The van der Waals surface area contributed by atoms with Crippen LogP contribution in [0.1, 0.15) is 32.0 Å². The van der Waals surface area contributed by atoms with E-state index in [1.807, 2.05) is 19.1 Å². The van der Waals surface area contributed by atoms with Gasteiger partial charge < -0.3 is 14.4 Å². The molecule has 1 aromatic heterocycles. The van der Waals surface area contributed by atoms with Crippen molar-refractivity contribution in [2.24, 2.45) is 5.16 Å². The van der Waals surface area contributed by atoms with Crippen LogP contribution in [0.4, 0.5) is 29.3 Å². The van der Waals surface area contributed by atoms with Gasteiger partial charge in [0.05, 0.1) is 47.3 Å². The van der Waals surface area contributed by atoms with Crippen LogP contribution in [0.15, 0.2) is 41.7 Å². The van der Waals surface area contributed by atoms with Crippen molar-refractivity contribution < 1.29 is 41.3 Å². The summed E-state index contributed by atoms with van der Waals surface area (Å²) in [5.74, 6) is 0.0324. The maximum atomic E-state index is 13.5. The van der Waals surface area contributed by atoms with Gasteiger partial charge in [-0.3, -0.25) is 14.0 Å². The molecule has 208 valence electrons. The van der Waals surface area contributed by atoms with Gasteiger partial charge in [-0.2, -0.15) is 13.2 Å². The van der Waals surface area contributed by atoms with Gasteiger partial charge in [0.15, 0.2) is 11.2 Å². The molecule has 2 atom stereocenters. The van der Waals surface area contributed by atoms with Crippen LogP contribution in [0.3, 0.4) is 0 Å². The molecule has 1 amide bonds. The normalized spacial score (nSPS) is 15.7. The molecular weight excluding hydrogens is 529 g/mol. The van der Waals surface area contributed by atoms with E-state index in [0.29, 0.717) is 22.8 Å². The van der Waals surface area contributed by atoms with E-state index in [0.717, 1.165) is 5.56 Å². The number of ether oxygens (including phenoxy) is 2. The first-order chi connectivity index (χ1) is 17.8. The van der Waals surface area contributed by atoms with Gasteiger partial charge in [-0.25, -0.2) is 14.5 Å². The minimum atomic E-state index is -4.00. The zero-order valence-electron chi connectivity index (χ0n) is 21.7. The van der Waals surface area contributed by atoms with E-state index in [1.54, 1.807) is 50.4 Å². The second kappa shape index (κ2) is 13.2. The number of rotatable bonds is 7. The highest BCUT2D eigenvalue weighted by Gasteiger charge is 2.42. The summed E-state index contributed by atoms with van der Waals surface area (Å²) < 4.78 is 54.8. The Balaban J connectivity index is 0.000000926. The molecular formula is C24H29F3N4O6S. The Labute approximate surface area is 220 Å². The predicted octanol–water partition coefficient (Wildman–Crippen LogP) is 4.53. The van der Waals surface area contributed by atoms with Gasteiger partial charge in [-0.1, -0.05) is 17.3 Å². The molecule has 2 unspecified atom stereocenters. The summed E-state index contributed by atoms with van der Waals surface area (Å²) in [6.07, 6.45) is -3.28. The third-order valence-corrected chi connectivity index (χ3v) is 6.65. The summed E-state index contributed by atoms with van der Waals surface area (Å²) in [5, 5.41) is 3.60. The van der Waals surface area contributed by atoms with Gasteiger partial charge in [-0.05, 0) is 39.0 Å². The van der Waals surface area contributed by atoms with E-state index in [4.69, 9.17) is 14.3 Å². The van der Waals surface area contributed by atoms with E-state index < -0.39 is 34.5 Å². The molecule has 2 heterocycles. The quantitative estimate of drug-likeness (QED) is 0.211. The van der Waals surface area contributed by atoms with Gasteiger partial charge in [-0.15, -0.1) is 0 Å². The maximum Gasteiger partial charge on any atom is 0.443 e. The fourth-order valence-electron chi connectivity index (χ4n) is 3.42. The smallest absolute Gasteiger partial charge is 0.443 e. The van der Waals surface area contributed by atoms with Gasteiger partial charge in [0.2, 0.25) is 0 Å². The summed E-state index contributed by atoms with van der Waals surface area (Å²) >= 11 is 0. The standard InChI is InChI=1S/C22H26N4O6S.C2H3F3/c1-6-31-20(27)15(3)24-32-22(28)26-18-10-8-7-9-17(18)25(4)21(26)33(29)13-16-14(2)19(30-5)11-12-23-16;1-2(3,4)5/h7-12,21H,6,13H2,1-5H3;1H3/b24-15+;. The van der Waals surface area contributed by atoms with Crippen LogP contribution < -0.4 is 14.5 Å². The van der Waals surface area contributed by atoms with Crippen molar-refractivity contribution >= 4 is 39.9 Å². The first-order valence-electron chi connectivity index (χ1n) is 11.3. The van der Waals surface area contributed by atoms with Crippen molar-refractivity contribution in [2.75, 3.05) is 30.6 Å². The molecule has 1 aliphatic heterocycles. The lowest BCUT2D eigenvalue weighted by atomic mass is 10.2. The van der Waals surface area contributed by atoms with Crippen molar-refractivity contribution in [3.05, 3.63) is 47.8 Å². The number of pyridine rings is 1. The van der Waals surface area contributed by atoms with Crippen molar-refractivity contribution in [1.82, 2.24) is 4.98 Å². The minimum Gasteiger partial charge on any atom is -0.496 e. The van der Waals surface area contributed by atoms with E-state index in [9.17, 15) is 27.0 Å². The number of fused-ring (bicyclic) bond motifs is 1. The molecule has 0 N–H and O–H groups in total. The zero-order valence-corrected chi connectivity index (χ0v) is 22.6. The molecule has 14 heteroatoms. The fourth-order valence-corrected chi connectivity index (χ4v) is 5.03. The molecule has 0 spiro atoms. The monoisotopic (exact) mass is 558 g/mol. The van der Waals surface area contributed by atoms with Crippen LogP contribution in [-0.2, 0) is 30.9 Å². The molecule has 2 aromatic rings. The number of hydrogen-bond acceptors (Lipinski definition) is 9. The lowest BCUT2D eigenvalue weighted by molar-refractivity contribution is -0.135. The van der Waals surface area contributed by atoms with E-state index in [1.165, 1.54) is 11.8 Å². The number of anilines is 2. The third kappa shape index (κ3) is 7.91. The van der Waals surface area contributed by atoms with Crippen LogP contribution in [0.2, 0.25) is 0 Å². The summed E-state index contributed by atoms with van der Waals surface area (Å²) in [5.41, 5.74) is 1.61. The number of alkyl halides is 3. The largest absolute Gasteiger partial charge is 0.496 e. The van der Waals surface area contributed by atoms with Gasteiger partial charge in [0.25, 0.3) is 0 Å². The second-order valence-corrected chi connectivity index (χ2v) is 9.41. The van der Waals surface area contributed by atoms with E-state index in [2.05, 4.69) is 10.1 Å². The van der Waals surface area contributed by atoms with Gasteiger partial charge in [0.1, 0.15) is 5.75 Å². The van der Waals surface area contributed by atoms with Crippen LogP contribution in [0.5, 0.6) is 5.75 Å². The molecule has 0 radical (unpaired) electrons. The summed E-state index contributed by atoms with van der Waals surface area (Å²) in [7, 11) is 1.69. The topological polar surface area (TPSA) is 111 Å². The highest BCUT2D eigenvalue weighted by molar-refractivity contribution is 7.85. The third-order valence-electron chi connectivity index (χ3n) is 5.09. The average Bonchev–Trinajstić information content (AvgIpc) is 3.15. The molecule has 0 aliphatic carbocycles. The zero-order chi connectivity index (χ0) is 28.6. The molecule has 38 heavy (non-hydrogen) atoms. The lowest BCUT2D eigenvalue weighted by Crippen LogP contribution is -2.48. The van der Waals surface area contributed by atoms with Gasteiger partial charge in [0, 0.05) is 25.7 Å².